The molecule has 0 saturated carbocycles. The molecule has 1 aliphatic rings. The molecule has 0 radical (unpaired) electrons. The number of carbonyl (C=O) groups is 2. The van der Waals surface area contributed by atoms with Crippen LogP contribution in [0, 0.1) is 5.92 Å². The molecular weight excluding hydrogens is 244 g/mol. The molecule has 2 rings (SSSR count). The van der Waals surface area contributed by atoms with Crippen LogP contribution in [0.25, 0.3) is 0 Å². The second kappa shape index (κ2) is 5.73. The molecule has 1 aliphatic heterocycles. The van der Waals surface area contributed by atoms with Crippen molar-refractivity contribution in [3.8, 4) is 5.75 Å². The lowest BCUT2D eigenvalue weighted by Gasteiger charge is -2.30. The number of methoxy groups -OCH3 is 1. The number of benzene rings is 1. The van der Waals surface area contributed by atoms with Crippen LogP contribution in [0.15, 0.2) is 24.3 Å². The van der Waals surface area contributed by atoms with Crippen molar-refractivity contribution >= 4 is 11.9 Å². The molecule has 5 nitrogen and oxygen atoms in total. The molecule has 19 heavy (non-hydrogen) atoms. The number of ether oxygens (including phenoxy) is 1. The lowest BCUT2D eigenvalue weighted by atomic mass is 10.1. The Morgan fingerprint density at radius 1 is 1.37 bits per heavy atom. The van der Waals surface area contributed by atoms with Crippen molar-refractivity contribution in [2.75, 3.05) is 20.2 Å². The highest BCUT2D eigenvalue weighted by atomic mass is 16.5. The van der Waals surface area contributed by atoms with E-state index in [0.717, 1.165) is 11.3 Å². The lowest BCUT2D eigenvalue weighted by Crippen LogP contribution is -2.54. The summed E-state index contributed by atoms with van der Waals surface area (Å²) in [4.78, 5) is 24.7. The summed E-state index contributed by atoms with van der Waals surface area (Å²) >= 11 is 0. The Morgan fingerprint density at radius 2 is 2.11 bits per heavy atom. The van der Waals surface area contributed by atoms with Crippen LogP contribution in [0.4, 0.5) is 4.79 Å². The van der Waals surface area contributed by atoms with Gasteiger partial charge in [0.2, 0.25) is 5.91 Å². The number of nitrogens with zero attached hydrogens (tertiary/aromatic N) is 1. The first-order chi connectivity index (χ1) is 9.11. The quantitative estimate of drug-likeness (QED) is 0.893. The monoisotopic (exact) mass is 262 g/mol. The Morgan fingerprint density at radius 3 is 2.84 bits per heavy atom. The van der Waals surface area contributed by atoms with Gasteiger partial charge in [-0.15, -0.1) is 0 Å². The molecule has 0 aromatic heterocycles. The maximum Gasteiger partial charge on any atom is 0.324 e. The van der Waals surface area contributed by atoms with Crippen molar-refractivity contribution < 1.29 is 14.3 Å². The van der Waals surface area contributed by atoms with E-state index in [4.69, 9.17) is 4.74 Å². The Hall–Kier alpha value is -2.04. The standard InChI is InChI=1S/C14H18N2O3/c1-10-9-16(14(18)15-13(10)17)8-7-11-5-3-4-6-12(11)19-2/h3-6,10H,7-9H2,1-2H3,(H,15,17,18). The van der Waals surface area contributed by atoms with Gasteiger partial charge in [0, 0.05) is 13.1 Å². The SMILES string of the molecule is COc1ccccc1CCN1CC(C)C(=O)NC1=O. The molecule has 0 bridgehead atoms. The first-order valence-electron chi connectivity index (χ1n) is 6.33. The van der Waals surface area contributed by atoms with Gasteiger partial charge in [0.1, 0.15) is 5.75 Å². The van der Waals surface area contributed by atoms with E-state index in [1.54, 1.807) is 12.0 Å². The molecule has 5 heteroatoms. The third-order valence-corrected chi connectivity index (χ3v) is 3.30. The molecule has 1 saturated heterocycles. The van der Waals surface area contributed by atoms with Crippen LogP contribution in [0.5, 0.6) is 5.75 Å². The third-order valence-electron chi connectivity index (χ3n) is 3.30. The second-order valence-electron chi connectivity index (χ2n) is 4.70. The average Bonchev–Trinajstić information content (AvgIpc) is 2.41. The molecule has 1 aromatic carbocycles. The van der Waals surface area contributed by atoms with E-state index in [1.165, 1.54) is 0 Å². The highest BCUT2D eigenvalue weighted by molar-refractivity contribution is 5.97. The maximum absolute atomic E-state index is 11.7. The fourth-order valence-electron chi connectivity index (χ4n) is 2.16. The van der Waals surface area contributed by atoms with Crippen molar-refractivity contribution in [3.63, 3.8) is 0 Å². The zero-order valence-corrected chi connectivity index (χ0v) is 11.2. The van der Waals surface area contributed by atoms with Gasteiger partial charge in [-0.1, -0.05) is 25.1 Å². The van der Waals surface area contributed by atoms with E-state index >= 15 is 0 Å². The zero-order valence-electron chi connectivity index (χ0n) is 11.2. The van der Waals surface area contributed by atoms with Gasteiger partial charge >= 0.3 is 6.03 Å². The van der Waals surface area contributed by atoms with Crippen LogP contribution in [0.2, 0.25) is 0 Å². The van der Waals surface area contributed by atoms with Gasteiger partial charge in [0.15, 0.2) is 0 Å². The number of hydrogen-bond acceptors (Lipinski definition) is 3. The fourth-order valence-corrected chi connectivity index (χ4v) is 2.16. The van der Waals surface area contributed by atoms with E-state index in [0.29, 0.717) is 19.5 Å². The number of carbonyl (C=O) groups excluding carboxylic acids is 2. The number of rotatable bonds is 4. The number of nitrogens with one attached hydrogen (secondary N) is 1. The van der Waals surface area contributed by atoms with Crippen LogP contribution < -0.4 is 10.1 Å². The van der Waals surface area contributed by atoms with E-state index in [2.05, 4.69) is 5.32 Å². The summed E-state index contributed by atoms with van der Waals surface area (Å²) in [7, 11) is 1.63. The first-order valence-corrected chi connectivity index (χ1v) is 6.33. The molecule has 3 amide bonds. The van der Waals surface area contributed by atoms with Gasteiger partial charge in [0.25, 0.3) is 0 Å². The van der Waals surface area contributed by atoms with Crippen molar-refractivity contribution in [1.82, 2.24) is 10.2 Å². The predicted molar refractivity (Wildman–Crippen MR) is 71.0 cm³/mol. The van der Waals surface area contributed by atoms with Crippen LogP contribution >= 0.6 is 0 Å². The highest BCUT2D eigenvalue weighted by Gasteiger charge is 2.28. The number of urea groups is 1. The second-order valence-corrected chi connectivity index (χ2v) is 4.70. The molecule has 1 N–H and O–H groups in total. The molecule has 1 unspecified atom stereocenters. The summed E-state index contributed by atoms with van der Waals surface area (Å²) < 4.78 is 5.28. The average molecular weight is 262 g/mol. The van der Waals surface area contributed by atoms with Crippen molar-refractivity contribution in [1.29, 1.82) is 0 Å². The predicted octanol–water partition coefficient (Wildman–Crippen LogP) is 1.43. The number of hydrogen-bond donors (Lipinski definition) is 1. The van der Waals surface area contributed by atoms with Gasteiger partial charge in [-0.2, -0.15) is 0 Å². The Labute approximate surface area is 112 Å². The topological polar surface area (TPSA) is 58.6 Å². The molecular formula is C14H18N2O3. The van der Waals surface area contributed by atoms with E-state index in [9.17, 15) is 9.59 Å². The minimum absolute atomic E-state index is 0.157. The summed E-state index contributed by atoms with van der Waals surface area (Å²) in [6.07, 6.45) is 0.707. The summed E-state index contributed by atoms with van der Waals surface area (Å²) in [5, 5.41) is 2.36. The Balaban J connectivity index is 1.98. The Kier molecular flexibility index (Phi) is 4.04. The van der Waals surface area contributed by atoms with Gasteiger partial charge in [-0.25, -0.2) is 4.79 Å². The molecule has 1 fully saturated rings. The molecule has 1 atom stereocenters. The van der Waals surface area contributed by atoms with E-state index in [1.807, 2.05) is 31.2 Å². The zero-order chi connectivity index (χ0) is 13.8. The third kappa shape index (κ3) is 3.05. The van der Waals surface area contributed by atoms with Gasteiger partial charge in [-0.3, -0.25) is 10.1 Å². The summed E-state index contributed by atoms with van der Waals surface area (Å²) in [5.41, 5.74) is 1.06. The summed E-state index contributed by atoms with van der Waals surface area (Å²) in [6, 6.07) is 7.43. The maximum atomic E-state index is 11.7. The Bertz CT molecular complexity index is 487. The molecule has 0 aliphatic carbocycles. The van der Waals surface area contributed by atoms with Gasteiger partial charge < -0.3 is 9.64 Å². The van der Waals surface area contributed by atoms with Crippen LogP contribution in [0.3, 0.4) is 0 Å². The minimum atomic E-state index is -0.307. The van der Waals surface area contributed by atoms with E-state index in [-0.39, 0.29) is 17.9 Å². The van der Waals surface area contributed by atoms with Crippen LogP contribution in [-0.4, -0.2) is 37.0 Å². The molecule has 1 aromatic rings. The molecule has 0 spiro atoms. The van der Waals surface area contributed by atoms with Crippen LogP contribution in [0.1, 0.15) is 12.5 Å². The first kappa shape index (κ1) is 13.4. The lowest BCUT2D eigenvalue weighted by molar-refractivity contribution is -0.125. The largest absolute Gasteiger partial charge is 0.496 e. The van der Waals surface area contributed by atoms with Crippen molar-refractivity contribution in [2.45, 2.75) is 13.3 Å². The summed E-state index contributed by atoms with van der Waals surface area (Å²) in [6.45, 7) is 2.86. The van der Waals surface area contributed by atoms with Crippen molar-refractivity contribution in [2.24, 2.45) is 5.92 Å². The van der Waals surface area contributed by atoms with Crippen LogP contribution in [-0.2, 0) is 11.2 Å². The molecule has 1 heterocycles. The normalized spacial score (nSPS) is 19.3. The smallest absolute Gasteiger partial charge is 0.324 e. The minimum Gasteiger partial charge on any atom is -0.496 e. The number of imide groups is 1. The van der Waals surface area contributed by atoms with Gasteiger partial charge in [-0.05, 0) is 18.1 Å². The highest BCUT2D eigenvalue weighted by Crippen LogP contribution is 2.18. The number of para-hydroxylation sites is 1. The fraction of sp³-hybridized carbons (Fsp3) is 0.429. The van der Waals surface area contributed by atoms with Gasteiger partial charge in [0.05, 0.1) is 13.0 Å². The van der Waals surface area contributed by atoms with Crippen molar-refractivity contribution in [3.05, 3.63) is 29.8 Å². The summed E-state index contributed by atoms with van der Waals surface area (Å²) in [5.74, 6) is 0.470. The number of amides is 3. The molecule has 102 valence electrons. The van der Waals surface area contributed by atoms with E-state index < -0.39 is 0 Å².